The maximum atomic E-state index is 12.3. The van der Waals surface area contributed by atoms with E-state index in [4.69, 9.17) is 4.42 Å². The number of fused-ring (bicyclic) bond motifs is 1. The Labute approximate surface area is 150 Å². The van der Waals surface area contributed by atoms with Crippen molar-refractivity contribution in [1.29, 1.82) is 0 Å². The molecule has 0 unspecified atom stereocenters. The van der Waals surface area contributed by atoms with E-state index in [-0.39, 0.29) is 11.8 Å². The molecular weight excluding hydrogens is 338 g/mol. The predicted molar refractivity (Wildman–Crippen MR) is 97.3 cm³/mol. The minimum Gasteiger partial charge on any atom is -0.455 e. The van der Waals surface area contributed by atoms with Crippen LogP contribution in [0.1, 0.15) is 63.3 Å². The van der Waals surface area contributed by atoms with Crippen LogP contribution < -0.4 is 10.7 Å². The quantitative estimate of drug-likeness (QED) is 0.804. The summed E-state index contributed by atoms with van der Waals surface area (Å²) in [6.07, 6.45) is 3.26. The van der Waals surface area contributed by atoms with Crippen molar-refractivity contribution in [2.45, 2.75) is 39.5 Å². The van der Waals surface area contributed by atoms with Gasteiger partial charge in [0.15, 0.2) is 5.76 Å². The number of hydrazone groups is 1. The summed E-state index contributed by atoms with van der Waals surface area (Å²) < 4.78 is 5.80. The third-order valence-electron chi connectivity index (χ3n) is 4.10. The molecule has 1 aliphatic rings. The fourth-order valence-electron chi connectivity index (χ4n) is 2.90. The molecule has 1 aliphatic carbocycles. The Balaban J connectivity index is 1.83. The molecular formula is C18H21N3O3S. The molecule has 2 N–H and O–H groups in total. The first-order valence-electron chi connectivity index (χ1n) is 8.43. The van der Waals surface area contributed by atoms with E-state index in [2.05, 4.69) is 15.8 Å². The number of furan rings is 1. The van der Waals surface area contributed by atoms with Crippen molar-refractivity contribution in [2.75, 3.05) is 6.54 Å². The molecule has 0 saturated heterocycles. The Hall–Kier alpha value is -2.41. The minimum atomic E-state index is -0.225. The van der Waals surface area contributed by atoms with Crippen LogP contribution in [0.3, 0.4) is 0 Å². The molecule has 3 rings (SSSR count). The van der Waals surface area contributed by atoms with E-state index in [1.54, 1.807) is 6.07 Å². The summed E-state index contributed by atoms with van der Waals surface area (Å²) in [6.45, 7) is 4.48. The Morgan fingerprint density at radius 1 is 1.32 bits per heavy atom. The number of thiophene rings is 1. The number of amides is 2. The largest absolute Gasteiger partial charge is 0.455 e. The van der Waals surface area contributed by atoms with Gasteiger partial charge in [-0.05, 0) is 37.6 Å². The van der Waals surface area contributed by atoms with Gasteiger partial charge >= 0.3 is 0 Å². The zero-order chi connectivity index (χ0) is 17.8. The molecule has 7 heteroatoms. The van der Waals surface area contributed by atoms with E-state index in [1.807, 2.05) is 25.3 Å². The van der Waals surface area contributed by atoms with Crippen molar-refractivity contribution in [2.24, 2.45) is 5.10 Å². The lowest BCUT2D eigenvalue weighted by Gasteiger charge is -2.13. The molecule has 0 spiro atoms. The number of rotatable bonds is 5. The number of hydrogen-bond acceptors (Lipinski definition) is 5. The first-order chi connectivity index (χ1) is 12.1. The van der Waals surface area contributed by atoms with Gasteiger partial charge in [-0.25, -0.2) is 5.43 Å². The van der Waals surface area contributed by atoms with Gasteiger partial charge in [0.05, 0.1) is 10.6 Å². The zero-order valence-corrected chi connectivity index (χ0v) is 15.2. The van der Waals surface area contributed by atoms with Crippen LogP contribution in [-0.2, 0) is 6.42 Å². The summed E-state index contributed by atoms with van der Waals surface area (Å²) in [4.78, 5) is 25.0. The summed E-state index contributed by atoms with van der Waals surface area (Å²) in [7, 11) is 0. The van der Waals surface area contributed by atoms with E-state index in [0.29, 0.717) is 17.2 Å². The van der Waals surface area contributed by atoms with Gasteiger partial charge in [-0.3, -0.25) is 9.59 Å². The molecule has 0 fully saturated rings. The highest BCUT2D eigenvalue weighted by Crippen LogP contribution is 2.29. The Morgan fingerprint density at radius 3 is 2.88 bits per heavy atom. The molecule has 2 amide bonds. The Kier molecular flexibility index (Phi) is 5.33. The highest BCUT2D eigenvalue weighted by Gasteiger charge is 2.27. The van der Waals surface area contributed by atoms with Gasteiger partial charge in [0, 0.05) is 24.1 Å². The van der Waals surface area contributed by atoms with Crippen LogP contribution in [0, 0.1) is 6.92 Å². The topological polar surface area (TPSA) is 83.7 Å². The first-order valence-corrected chi connectivity index (χ1v) is 9.31. The first kappa shape index (κ1) is 17.4. The number of carbonyl (C=O) groups excluding carboxylic acids is 2. The summed E-state index contributed by atoms with van der Waals surface area (Å²) >= 11 is 1.37. The minimum absolute atomic E-state index is 0.198. The monoisotopic (exact) mass is 359 g/mol. The van der Waals surface area contributed by atoms with Gasteiger partial charge < -0.3 is 9.73 Å². The molecule has 0 saturated carbocycles. The number of nitrogens with zero attached hydrogens (tertiary/aromatic N) is 1. The molecule has 0 bridgehead atoms. The van der Waals surface area contributed by atoms with Gasteiger partial charge in [0.25, 0.3) is 11.8 Å². The number of carbonyl (C=O) groups is 2. The Bertz CT molecular complexity index is 806. The van der Waals surface area contributed by atoms with E-state index < -0.39 is 0 Å². The van der Waals surface area contributed by atoms with Crippen LogP contribution in [0.2, 0.25) is 0 Å². The lowest BCUT2D eigenvalue weighted by atomic mass is 9.93. The van der Waals surface area contributed by atoms with E-state index in [1.165, 1.54) is 11.3 Å². The highest BCUT2D eigenvalue weighted by molar-refractivity contribution is 7.12. The van der Waals surface area contributed by atoms with Crippen LogP contribution in [0.15, 0.2) is 27.0 Å². The van der Waals surface area contributed by atoms with Crippen molar-refractivity contribution in [3.05, 3.63) is 45.0 Å². The standard InChI is InChI=1S/C18H21N3O3S/c1-3-9-19-18(23)16-11(2)15-12(6-4-7-13(15)24-16)20-21-17(22)14-8-5-10-25-14/h5,8,10H,3-4,6-7,9H2,1-2H3,(H,19,23)(H,21,22)/b20-12+. The zero-order valence-electron chi connectivity index (χ0n) is 14.3. The number of hydrogen-bond donors (Lipinski definition) is 2. The summed E-state index contributed by atoms with van der Waals surface area (Å²) in [5.41, 5.74) is 5.02. The lowest BCUT2D eigenvalue weighted by molar-refractivity contribution is 0.0921. The predicted octanol–water partition coefficient (Wildman–Crippen LogP) is 3.26. The van der Waals surface area contributed by atoms with Crippen molar-refractivity contribution in [3.8, 4) is 0 Å². The molecule has 0 aliphatic heterocycles. The van der Waals surface area contributed by atoms with Crippen molar-refractivity contribution in [3.63, 3.8) is 0 Å². The van der Waals surface area contributed by atoms with Crippen molar-refractivity contribution < 1.29 is 14.0 Å². The maximum absolute atomic E-state index is 12.3. The molecule has 0 atom stereocenters. The van der Waals surface area contributed by atoms with Gasteiger partial charge in [-0.1, -0.05) is 13.0 Å². The molecule has 0 radical (unpaired) electrons. The third kappa shape index (κ3) is 3.66. The van der Waals surface area contributed by atoms with Crippen LogP contribution in [-0.4, -0.2) is 24.1 Å². The average Bonchev–Trinajstić information content (AvgIpc) is 3.26. The second-order valence-electron chi connectivity index (χ2n) is 5.94. The normalized spacial score (nSPS) is 15.0. The average molecular weight is 359 g/mol. The summed E-state index contributed by atoms with van der Waals surface area (Å²) in [5.74, 6) is 0.694. The second-order valence-corrected chi connectivity index (χ2v) is 6.89. The third-order valence-corrected chi connectivity index (χ3v) is 4.97. The van der Waals surface area contributed by atoms with Crippen LogP contribution >= 0.6 is 11.3 Å². The molecule has 6 nitrogen and oxygen atoms in total. The molecule has 132 valence electrons. The number of nitrogens with one attached hydrogen (secondary N) is 2. The van der Waals surface area contributed by atoms with Gasteiger partial charge in [-0.2, -0.15) is 5.10 Å². The smallest absolute Gasteiger partial charge is 0.287 e. The molecule has 2 aromatic heterocycles. The maximum Gasteiger partial charge on any atom is 0.287 e. The second kappa shape index (κ2) is 7.65. The molecule has 2 aromatic rings. The van der Waals surface area contributed by atoms with E-state index >= 15 is 0 Å². The van der Waals surface area contributed by atoms with Crippen LogP contribution in [0.25, 0.3) is 0 Å². The molecule has 25 heavy (non-hydrogen) atoms. The highest BCUT2D eigenvalue weighted by atomic mass is 32.1. The van der Waals surface area contributed by atoms with E-state index in [9.17, 15) is 9.59 Å². The van der Waals surface area contributed by atoms with Crippen molar-refractivity contribution in [1.82, 2.24) is 10.7 Å². The van der Waals surface area contributed by atoms with Crippen LogP contribution in [0.4, 0.5) is 0 Å². The van der Waals surface area contributed by atoms with Gasteiger partial charge in [0.1, 0.15) is 5.76 Å². The fourth-order valence-corrected chi connectivity index (χ4v) is 3.51. The lowest BCUT2D eigenvalue weighted by Crippen LogP contribution is -2.24. The van der Waals surface area contributed by atoms with Gasteiger partial charge in [-0.15, -0.1) is 11.3 Å². The molecule has 0 aromatic carbocycles. The summed E-state index contributed by atoms with van der Waals surface area (Å²) in [5, 5.41) is 9.00. The Morgan fingerprint density at radius 2 is 2.16 bits per heavy atom. The summed E-state index contributed by atoms with van der Waals surface area (Å²) in [6, 6.07) is 3.58. The van der Waals surface area contributed by atoms with E-state index in [0.717, 1.165) is 48.3 Å². The van der Waals surface area contributed by atoms with Crippen molar-refractivity contribution >= 4 is 28.9 Å². The SMILES string of the molecule is CCCNC(=O)c1oc2c(c1C)/C(=N/NC(=O)c1cccs1)CCC2. The molecule has 2 heterocycles. The fraction of sp³-hybridized carbons (Fsp3) is 0.389. The number of aryl methyl sites for hydroxylation is 1. The van der Waals surface area contributed by atoms with Crippen LogP contribution in [0.5, 0.6) is 0 Å². The van der Waals surface area contributed by atoms with Gasteiger partial charge in [0.2, 0.25) is 0 Å².